The van der Waals surface area contributed by atoms with E-state index < -0.39 is 0 Å². The highest BCUT2D eigenvalue weighted by Gasteiger charge is 2.05. The van der Waals surface area contributed by atoms with Crippen molar-refractivity contribution in [3.8, 4) is 0 Å². The van der Waals surface area contributed by atoms with Crippen LogP contribution in [0.2, 0.25) is 0 Å². The molecule has 1 aromatic rings. The summed E-state index contributed by atoms with van der Waals surface area (Å²) in [6, 6.07) is 0. The third-order valence-electron chi connectivity index (χ3n) is 1.28. The number of alkyl halides is 1. The summed E-state index contributed by atoms with van der Waals surface area (Å²) in [5.74, 6) is 0.354. The van der Waals surface area contributed by atoms with Gasteiger partial charge in [0.15, 0.2) is 0 Å². The van der Waals surface area contributed by atoms with Crippen molar-refractivity contribution in [2.45, 2.75) is 12.3 Å². The first-order valence-electron chi connectivity index (χ1n) is 3.29. The molecule has 12 heavy (non-hydrogen) atoms. The average Bonchev–Trinajstić information content (AvgIpc) is 2.52. The Balaban J connectivity index is 2.44. The lowest BCUT2D eigenvalue weighted by molar-refractivity contribution is -0.128. The first kappa shape index (κ1) is 9.41. The topological polar surface area (TPSA) is 52.1 Å². The van der Waals surface area contributed by atoms with Crippen molar-refractivity contribution in [3.63, 3.8) is 0 Å². The summed E-state index contributed by atoms with van der Waals surface area (Å²) in [4.78, 5) is 10.8. The zero-order chi connectivity index (χ0) is 8.81. The molecule has 4 nitrogen and oxygen atoms in total. The van der Waals surface area contributed by atoms with Crippen molar-refractivity contribution in [1.29, 1.82) is 0 Å². The van der Waals surface area contributed by atoms with Gasteiger partial charge in [0.1, 0.15) is 0 Å². The van der Waals surface area contributed by atoms with Crippen LogP contribution in [0.5, 0.6) is 0 Å². The summed E-state index contributed by atoms with van der Waals surface area (Å²) in [6.45, 7) is 0.784. The molecule has 0 spiro atoms. The van der Waals surface area contributed by atoms with Gasteiger partial charge in [-0.25, -0.2) is 0 Å². The van der Waals surface area contributed by atoms with E-state index in [1.165, 1.54) is 11.5 Å². The summed E-state index contributed by atoms with van der Waals surface area (Å²) >= 11 is 6.86. The second-order valence-corrected chi connectivity index (χ2v) is 3.10. The maximum Gasteiger partial charge on any atom is 0.293 e. The Morgan fingerprint density at radius 1 is 1.67 bits per heavy atom. The third kappa shape index (κ3) is 2.42. The quantitative estimate of drug-likeness (QED) is 0.410. The average molecular weight is 207 g/mol. The highest BCUT2D eigenvalue weighted by atomic mass is 35.5. The molecule has 0 saturated heterocycles. The fraction of sp³-hybridized carbons (Fsp3) is 0.500. The molecule has 0 atom stereocenters. The minimum Gasteiger partial charge on any atom is -0.468 e. The van der Waals surface area contributed by atoms with Gasteiger partial charge in [0.25, 0.3) is 6.47 Å². The van der Waals surface area contributed by atoms with Crippen molar-refractivity contribution >= 4 is 29.6 Å². The number of ether oxygens (including phenoxy) is 1. The van der Waals surface area contributed by atoms with Gasteiger partial charge in [0, 0.05) is 6.42 Å². The number of carbonyl (C=O) groups excluding carboxylic acids is 1. The minimum atomic E-state index is 0.354. The molecule has 0 aliphatic rings. The molecule has 1 aromatic heterocycles. The molecule has 66 valence electrons. The van der Waals surface area contributed by atoms with E-state index in [0.29, 0.717) is 25.4 Å². The number of halogens is 1. The lowest BCUT2D eigenvalue weighted by Gasteiger charge is -1.95. The summed E-state index contributed by atoms with van der Waals surface area (Å²) in [5, 5.41) is 3.81. The summed E-state index contributed by atoms with van der Waals surface area (Å²) in [5.41, 5.74) is 0.774. The Hall–Kier alpha value is -0.680. The van der Waals surface area contributed by atoms with Crippen LogP contribution in [0.15, 0.2) is 0 Å². The SMILES string of the molecule is O=COCCc1snnc1CCl. The van der Waals surface area contributed by atoms with E-state index in [-0.39, 0.29) is 0 Å². The predicted octanol–water partition coefficient (Wildman–Crippen LogP) is 0.992. The number of nitrogens with zero attached hydrogens (tertiary/aromatic N) is 2. The molecular weight excluding hydrogens is 200 g/mol. The van der Waals surface area contributed by atoms with Crippen LogP contribution in [0.4, 0.5) is 0 Å². The third-order valence-corrected chi connectivity index (χ3v) is 2.35. The van der Waals surface area contributed by atoms with Gasteiger partial charge >= 0.3 is 0 Å². The number of rotatable bonds is 5. The first-order chi connectivity index (χ1) is 5.88. The highest BCUT2D eigenvalue weighted by Crippen LogP contribution is 2.13. The van der Waals surface area contributed by atoms with Crippen molar-refractivity contribution < 1.29 is 9.53 Å². The van der Waals surface area contributed by atoms with Gasteiger partial charge in [0.2, 0.25) is 0 Å². The normalized spacial score (nSPS) is 9.75. The van der Waals surface area contributed by atoms with Crippen molar-refractivity contribution in [3.05, 3.63) is 10.6 Å². The van der Waals surface area contributed by atoms with E-state index in [9.17, 15) is 4.79 Å². The molecule has 6 heteroatoms. The Labute approximate surface area is 78.7 Å². The van der Waals surface area contributed by atoms with Gasteiger partial charge in [-0.15, -0.1) is 16.7 Å². The van der Waals surface area contributed by atoms with E-state index in [4.69, 9.17) is 11.6 Å². The van der Waals surface area contributed by atoms with Crippen LogP contribution >= 0.6 is 23.1 Å². The second kappa shape index (κ2) is 5.05. The molecule has 0 bridgehead atoms. The Morgan fingerprint density at radius 2 is 2.50 bits per heavy atom. The number of aromatic nitrogens is 2. The maximum absolute atomic E-state index is 9.81. The molecule has 0 aromatic carbocycles. The van der Waals surface area contributed by atoms with E-state index >= 15 is 0 Å². The van der Waals surface area contributed by atoms with Gasteiger partial charge in [-0.2, -0.15) is 0 Å². The molecule has 0 amide bonds. The lowest BCUT2D eigenvalue weighted by Crippen LogP contribution is -1.97. The first-order valence-corrected chi connectivity index (χ1v) is 4.60. The summed E-state index contributed by atoms with van der Waals surface area (Å²) in [7, 11) is 0. The van der Waals surface area contributed by atoms with Crippen molar-refractivity contribution in [1.82, 2.24) is 9.59 Å². The van der Waals surface area contributed by atoms with Crippen LogP contribution < -0.4 is 0 Å². The standard InChI is InChI=1S/C6H7ClN2O2S/c7-3-5-6(12-9-8-5)1-2-11-4-10/h4H,1-3H2. The summed E-state index contributed by atoms with van der Waals surface area (Å²) < 4.78 is 8.27. The molecule has 0 unspecified atom stereocenters. The van der Waals surface area contributed by atoms with Gasteiger partial charge < -0.3 is 4.74 Å². The van der Waals surface area contributed by atoms with E-state index in [1.807, 2.05) is 0 Å². The zero-order valence-corrected chi connectivity index (χ0v) is 7.77. The highest BCUT2D eigenvalue weighted by molar-refractivity contribution is 7.05. The van der Waals surface area contributed by atoms with Crippen LogP contribution in [0.1, 0.15) is 10.6 Å². The van der Waals surface area contributed by atoms with Crippen LogP contribution in [-0.2, 0) is 21.8 Å². The van der Waals surface area contributed by atoms with Gasteiger partial charge in [-0.3, -0.25) is 4.79 Å². The van der Waals surface area contributed by atoms with Gasteiger partial charge in [0.05, 0.1) is 23.1 Å². The molecular formula is C6H7ClN2O2S. The monoisotopic (exact) mass is 206 g/mol. The van der Waals surface area contributed by atoms with Gasteiger partial charge in [-0.1, -0.05) is 4.49 Å². The maximum atomic E-state index is 9.81. The van der Waals surface area contributed by atoms with E-state index in [2.05, 4.69) is 14.3 Å². The summed E-state index contributed by atoms with van der Waals surface area (Å²) in [6.07, 6.45) is 0.637. The van der Waals surface area contributed by atoms with Gasteiger partial charge in [-0.05, 0) is 11.5 Å². The Morgan fingerprint density at radius 3 is 3.17 bits per heavy atom. The molecule has 0 N–H and O–H groups in total. The van der Waals surface area contributed by atoms with Crippen molar-refractivity contribution in [2.75, 3.05) is 6.61 Å². The lowest BCUT2D eigenvalue weighted by atomic mass is 10.3. The van der Waals surface area contributed by atoms with E-state index in [1.54, 1.807) is 0 Å². The molecule has 0 saturated carbocycles. The Kier molecular flexibility index (Phi) is 3.96. The minimum absolute atomic E-state index is 0.354. The molecule has 0 fully saturated rings. The molecule has 0 aliphatic carbocycles. The molecule has 1 rings (SSSR count). The molecule has 0 radical (unpaired) electrons. The predicted molar refractivity (Wildman–Crippen MR) is 45.2 cm³/mol. The fourth-order valence-electron chi connectivity index (χ4n) is 0.718. The number of hydrogen-bond donors (Lipinski definition) is 0. The van der Waals surface area contributed by atoms with Crippen LogP contribution in [-0.4, -0.2) is 22.7 Å². The molecule has 1 heterocycles. The molecule has 0 aliphatic heterocycles. The van der Waals surface area contributed by atoms with E-state index in [0.717, 1.165) is 10.6 Å². The number of carbonyl (C=O) groups is 1. The van der Waals surface area contributed by atoms with Crippen molar-refractivity contribution in [2.24, 2.45) is 0 Å². The smallest absolute Gasteiger partial charge is 0.293 e. The van der Waals surface area contributed by atoms with Crippen LogP contribution in [0.25, 0.3) is 0 Å². The number of hydrogen-bond acceptors (Lipinski definition) is 5. The van der Waals surface area contributed by atoms with Crippen LogP contribution in [0.3, 0.4) is 0 Å². The second-order valence-electron chi connectivity index (χ2n) is 1.99. The van der Waals surface area contributed by atoms with Crippen LogP contribution in [0, 0.1) is 0 Å². The zero-order valence-electron chi connectivity index (χ0n) is 6.20. The Bertz CT molecular complexity index is 253. The largest absolute Gasteiger partial charge is 0.468 e. The fourth-order valence-corrected chi connectivity index (χ4v) is 1.64.